The van der Waals surface area contributed by atoms with Gasteiger partial charge in [-0.05, 0) is 12.1 Å². The third-order valence-corrected chi connectivity index (χ3v) is 5.34. The van der Waals surface area contributed by atoms with Gasteiger partial charge in [-0.2, -0.15) is 5.10 Å². The van der Waals surface area contributed by atoms with Crippen molar-refractivity contribution in [1.29, 1.82) is 0 Å². The van der Waals surface area contributed by atoms with Gasteiger partial charge in [0.25, 0.3) is 5.91 Å². The maximum atomic E-state index is 12.9. The molecule has 2 saturated heterocycles. The minimum Gasteiger partial charge on any atom is -0.394 e. The van der Waals surface area contributed by atoms with Crippen LogP contribution in [0.4, 0.5) is 0 Å². The van der Waals surface area contributed by atoms with Crippen LogP contribution in [0.1, 0.15) is 15.9 Å². The highest BCUT2D eigenvalue weighted by atomic mass is 16.5. The number of amides is 1. The number of aliphatic hydroxyl groups is 4. The van der Waals surface area contributed by atoms with E-state index in [9.17, 15) is 25.2 Å². The van der Waals surface area contributed by atoms with E-state index in [0.29, 0.717) is 48.3 Å². The van der Waals surface area contributed by atoms with E-state index in [0.717, 1.165) is 0 Å². The van der Waals surface area contributed by atoms with Crippen LogP contribution in [0.25, 0.3) is 10.9 Å². The van der Waals surface area contributed by atoms with E-state index < -0.39 is 37.1 Å². The number of aromatic nitrogens is 2. The Hall–Kier alpha value is -2.52. The minimum atomic E-state index is -1.50. The van der Waals surface area contributed by atoms with Crippen LogP contribution < -0.4 is 0 Å². The number of benzene rings is 1. The topological polar surface area (TPSA) is 148 Å². The Morgan fingerprint density at radius 1 is 1.20 bits per heavy atom. The van der Waals surface area contributed by atoms with Crippen molar-refractivity contribution in [3.63, 3.8) is 0 Å². The molecular weight excluding hydrogens is 394 g/mol. The lowest BCUT2D eigenvalue weighted by Crippen LogP contribution is -2.58. The van der Waals surface area contributed by atoms with Gasteiger partial charge in [0, 0.05) is 24.0 Å². The fraction of sp³-hybridized carbons (Fsp3) is 0.500. The van der Waals surface area contributed by atoms with Crippen LogP contribution in [0.3, 0.4) is 0 Å². The molecule has 3 heterocycles. The molecule has 0 unspecified atom stereocenters. The van der Waals surface area contributed by atoms with Crippen molar-refractivity contribution in [3.8, 4) is 11.8 Å². The summed E-state index contributed by atoms with van der Waals surface area (Å²) >= 11 is 0. The van der Waals surface area contributed by atoms with Gasteiger partial charge in [0.15, 0.2) is 0 Å². The van der Waals surface area contributed by atoms with Gasteiger partial charge in [-0.15, -0.1) is 0 Å². The summed E-state index contributed by atoms with van der Waals surface area (Å²) in [7, 11) is 0. The molecule has 0 bridgehead atoms. The number of nitrogens with zero attached hydrogens (tertiary/aromatic N) is 2. The number of H-pyrrole nitrogens is 1. The average molecular weight is 417 g/mol. The summed E-state index contributed by atoms with van der Waals surface area (Å²) in [5.41, 5.74) is 1.54. The quantitative estimate of drug-likeness (QED) is 0.361. The fourth-order valence-electron chi connectivity index (χ4n) is 3.60. The molecule has 10 heteroatoms. The standard InChI is InChI=1S/C20H23N3O7/c24-10-15-18(26)19(27)17(25)14(30-15)2-1-11-7-12(8-13-9-21-22-16(11)13)20(28)23-3-5-29-6-4-23/h7-9,14-15,17-19,24-27H,3-6,10H2,(H,21,22)/t14-,15-,17-,18-,19-/m1/s1. The van der Waals surface area contributed by atoms with Crippen LogP contribution in [0.2, 0.25) is 0 Å². The summed E-state index contributed by atoms with van der Waals surface area (Å²) in [6, 6.07) is 3.37. The lowest BCUT2D eigenvalue weighted by Gasteiger charge is -2.37. The second-order valence-electron chi connectivity index (χ2n) is 7.28. The Bertz CT molecular complexity index is 974. The molecule has 0 saturated carbocycles. The van der Waals surface area contributed by atoms with Crippen LogP contribution in [-0.4, -0.2) is 105 Å². The molecule has 5 N–H and O–H groups in total. The summed E-state index contributed by atoms with van der Waals surface area (Å²) in [5, 5.41) is 46.9. The maximum Gasteiger partial charge on any atom is 0.254 e. The van der Waals surface area contributed by atoms with Crippen LogP contribution >= 0.6 is 0 Å². The molecule has 1 aromatic carbocycles. The van der Waals surface area contributed by atoms with Crippen LogP contribution in [0.5, 0.6) is 0 Å². The molecule has 160 valence electrons. The van der Waals surface area contributed by atoms with E-state index in [4.69, 9.17) is 9.47 Å². The van der Waals surface area contributed by atoms with E-state index in [2.05, 4.69) is 22.0 Å². The largest absolute Gasteiger partial charge is 0.394 e. The number of hydrogen-bond donors (Lipinski definition) is 5. The van der Waals surface area contributed by atoms with Gasteiger partial charge in [0.1, 0.15) is 30.5 Å². The number of carbonyl (C=O) groups is 1. The second kappa shape index (κ2) is 8.69. The highest BCUT2D eigenvalue weighted by Gasteiger charge is 2.42. The first-order valence-corrected chi connectivity index (χ1v) is 9.66. The SMILES string of the molecule is O=C(c1cc(C#C[C@H]2O[C@H](CO)[C@@H](O)[C@H](O)[C@@H]2O)c2[nH]ncc2c1)N1CCOCC1. The fourth-order valence-corrected chi connectivity index (χ4v) is 3.60. The van der Waals surface area contributed by atoms with Gasteiger partial charge < -0.3 is 34.8 Å². The molecule has 0 spiro atoms. The summed E-state index contributed by atoms with van der Waals surface area (Å²) in [5.74, 6) is 5.47. The summed E-state index contributed by atoms with van der Waals surface area (Å²) in [6.45, 7) is 1.46. The van der Waals surface area contributed by atoms with Crippen LogP contribution in [0.15, 0.2) is 18.3 Å². The van der Waals surface area contributed by atoms with Crippen molar-refractivity contribution in [1.82, 2.24) is 15.1 Å². The van der Waals surface area contributed by atoms with E-state index in [1.807, 2.05) is 0 Å². The number of aliphatic hydroxyl groups excluding tert-OH is 4. The first-order chi connectivity index (χ1) is 14.5. The number of rotatable bonds is 2. The number of carbonyl (C=O) groups excluding carboxylic acids is 1. The van der Waals surface area contributed by atoms with Crippen LogP contribution in [-0.2, 0) is 9.47 Å². The average Bonchev–Trinajstić information content (AvgIpc) is 3.26. The first-order valence-electron chi connectivity index (χ1n) is 9.66. The molecule has 5 atom stereocenters. The molecule has 0 radical (unpaired) electrons. The Labute approximate surface area is 172 Å². The number of morpholine rings is 1. The number of hydrogen-bond acceptors (Lipinski definition) is 8. The highest BCUT2D eigenvalue weighted by Crippen LogP contribution is 2.23. The third-order valence-electron chi connectivity index (χ3n) is 5.34. The Morgan fingerprint density at radius 3 is 2.70 bits per heavy atom. The van der Waals surface area contributed by atoms with Gasteiger partial charge in [-0.3, -0.25) is 9.89 Å². The molecule has 1 amide bonds. The minimum absolute atomic E-state index is 0.141. The van der Waals surface area contributed by atoms with Gasteiger partial charge in [-0.25, -0.2) is 0 Å². The molecule has 0 aliphatic carbocycles. The molecule has 2 aromatic rings. The predicted octanol–water partition coefficient (Wildman–Crippen LogP) is -1.77. The number of fused-ring (bicyclic) bond motifs is 1. The molecule has 2 fully saturated rings. The molecule has 2 aliphatic rings. The zero-order chi connectivity index (χ0) is 21.3. The van der Waals surface area contributed by atoms with Crippen molar-refractivity contribution in [2.45, 2.75) is 30.5 Å². The third kappa shape index (κ3) is 3.91. The zero-order valence-corrected chi connectivity index (χ0v) is 16.1. The molecule has 1 aromatic heterocycles. The number of aromatic amines is 1. The van der Waals surface area contributed by atoms with Gasteiger partial charge >= 0.3 is 0 Å². The number of ether oxygens (including phenoxy) is 2. The lowest BCUT2D eigenvalue weighted by molar-refractivity contribution is -0.214. The molecule has 30 heavy (non-hydrogen) atoms. The van der Waals surface area contributed by atoms with E-state index in [-0.39, 0.29) is 5.91 Å². The van der Waals surface area contributed by atoms with Crippen molar-refractivity contribution < 1.29 is 34.7 Å². The van der Waals surface area contributed by atoms with Crippen molar-refractivity contribution in [2.24, 2.45) is 0 Å². The molecule has 2 aliphatic heterocycles. The number of nitrogens with one attached hydrogen (secondary N) is 1. The predicted molar refractivity (Wildman–Crippen MR) is 103 cm³/mol. The monoisotopic (exact) mass is 417 g/mol. The lowest BCUT2D eigenvalue weighted by atomic mass is 9.95. The first kappa shape index (κ1) is 20.7. The maximum absolute atomic E-state index is 12.9. The van der Waals surface area contributed by atoms with Crippen LogP contribution in [0, 0.1) is 11.8 Å². The van der Waals surface area contributed by atoms with E-state index in [1.165, 1.54) is 0 Å². The summed E-state index contributed by atoms with van der Waals surface area (Å²) in [6.07, 6.45) is -4.98. The molecule has 4 rings (SSSR count). The van der Waals surface area contributed by atoms with Crippen molar-refractivity contribution in [2.75, 3.05) is 32.9 Å². The van der Waals surface area contributed by atoms with Gasteiger partial charge in [-0.1, -0.05) is 11.8 Å². The Balaban J connectivity index is 1.65. The van der Waals surface area contributed by atoms with E-state index >= 15 is 0 Å². The van der Waals surface area contributed by atoms with Gasteiger partial charge in [0.05, 0.1) is 37.1 Å². The zero-order valence-electron chi connectivity index (χ0n) is 16.1. The van der Waals surface area contributed by atoms with Crippen molar-refractivity contribution >= 4 is 16.8 Å². The summed E-state index contributed by atoms with van der Waals surface area (Å²) < 4.78 is 10.7. The van der Waals surface area contributed by atoms with E-state index in [1.54, 1.807) is 23.2 Å². The normalized spacial score (nSPS) is 29.5. The highest BCUT2D eigenvalue weighted by molar-refractivity contribution is 5.99. The van der Waals surface area contributed by atoms with Crippen molar-refractivity contribution in [3.05, 3.63) is 29.5 Å². The molecule has 10 nitrogen and oxygen atoms in total. The Morgan fingerprint density at radius 2 is 1.97 bits per heavy atom. The smallest absolute Gasteiger partial charge is 0.254 e. The molecular formula is C20H23N3O7. The second-order valence-corrected chi connectivity index (χ2v) is 7.28. The summed E-state index contributed by atoms with van der Waals surface area (Å²) in [4.78, 5) is 14.6. The van der Waals surface area contributed by atoms with Gasteiger partial charge in [0.2, 0.25) is 0 Å². The Kier molecular flexibility index (Phi) is 6.01.